The minimum atomic E-state index is -0.896. The highest BCUT2D eigenvalue weighted by molar-refractivity contribution is 5.68. The van der Waals surface area contributed by atoms with Gasteiger partial charge in [-0.3, -0.25) is 9.48 Å². The normalized spacial score (nSPS) is 11.8. The summed E-state index contributed by atoms with van der Waals surface area (Å²) in [5, 5.41) is 15.9. The van der Waals surface area contributed by atoms with E-state index >= 15 is 0 Å². The zero-order valence-electron chi connectivity index (χ0n) is 14.4. The standard InChI is InChI=1S/C18H23N3O4/c1-13-15(11-21(2)20-13)10-16(8-9-17(22)23)19-18(24)25-12-14-6-4-3-5-7-14/h3-7,11,16H,8-10,12H2,1-2H3,(H,19,24)(H,22,23). The van der Waals surface area contributed by atoms with E-state index in [9.17, 15) is 9.59 Å². The van der Waals surface area contributed by atoms with Crippen LogP contribution in [0.1, 0.15) is 29.7 Å². The number of aromatic nitrogens is 2. The number of alkyl carbamates (subject to hydrolysis) is 1. The Morgan fingerprint density at radius 1 is 1.32 bits per heavy atom. The van der Waals surface area contributed by atoms with Gasteiger partial charge in [-0.1, -0.05) is 30.3 Å². The van der Waals surface area contributed by atoms with Crippen molar-refractivity contribution in [3.8, 4) is 0 Å². The van der Waals surface area contributed by atoms with Crippen molar-refractivity contribution >= 4 is 12.1 Å². The fraction of sp³-hybridized carbons (Fsp3) is 0.389. The summed E-state index contributed by atoms with van der Waals surface area (Å²) in [6.07, 6.45) is 2.13. The number of carboxylic acids is 1. The number of nitrogens with one attached hydrogen (secondary N) is 1. The number of carbonyl (C=O) groups excluding carboxylic acids is 1. The van der Waals surface area contributed by atoms with E-state index in [1.54, 1.807) is 4.68 Å². The van der Waals surface area contributed by atoms with Gasteiger partial charge in [-0.25, -0.2) is 4.79 Å². The molecule has 1 heterocycles. The second kappa shape index (κ2) is 8.86. The van der Waals surface area contributed by atoms with Gasteiger partial charge in [0.2, 0.25) is 0 Å². The molecular weight excluding hydrogens is 322 g/mol. The lowest BCUT2D eigenvalue weighted by molar-refractivity contribution is -0.137. The van der Waals surface area contributed by atoms with E-state index < -0.39 is 12.1 Å². The predicted molar refractivity (Wildman–Crippen MR) is 92.1 cm³/mol. The maximum Gasteiger partial charge on any atom is 0.407 e. The predicted octanol–water partition coefficient (Wildman–Crippen LogP) is 2.43. The van der Waals surface area contributed by atoms with Crippen LogP contribution < -0.4 is 5.32 Å². The number of amides is 1. The highest BCUT2D eigenvalue weighted by Gasteiger charge is 2.17. The second-order valence-corrected chi connectivity index (χ2v) is 5.95. The Morgan fingerprint density at radius 3 is 2.64 bits per heavy atom. The number of rotatable bonds is 8. The molecule has 7 heteroatoms. The molecule has 134 valence electrons. The highest BCUT2D eigenvalue weighted by atomic mass is 16.5. The summed E-state index contributed by atoms with van der Waals surface area (Å²) in [5.41, 5.74) is 2.73. The van der Waals surface area contributed by atoms with E-state index in [2.05, 4.69) is 10.4 Å². The average Bonchev–Trinajstić information content (AvgIpc) is 2.89. The van der Waals surface area contributed by atoms with Crippen molar-refractivity contribution in [2.75, 3.05) is 0 Å². The average molecular weight is 345 g/mol. The van der Waals surface area contributed by atoms with Crippen molar-refractivity contribution < 1.29 is 19.4 Å². The second-order valence-electron chi connectivity index (χ2n) is 5.95. The summed E-state index contributed by atoms with van der Waals surface area (Å²) in [5.74, 6) is -0.896. The van der Waals surface area contributed by atoms with Crippen LogP contribution in [0.5, 0.6) is 0 Å². The SMILES string of the molecule is Cc1nn(C)cc1CC(CCC(=O)O)NC(=O)OCc1ccccc1. The first-order valence-electron chi connectivity index (χ1n) is 8.12. The van der Waals surface area contributed by atoms with Crippen molar-refractivity contribution in [3.63, 3.8) is 0 Å². The number of ether oxygens (including phenoxy) is 1. The Morgan fingerprint density at radius 2 is 2.04 bits per heavy atom. The summed E-state index contributed by atoms with van der Waals surface area (Å²) in [7, 11) is 1.82. The Hall–Kier alpha value is -2.83. The first kappa shape index (κ1) is 18.5. The molecule has 0 spiro atoms. The van der Waals surface area contributed by atoms with E-state index in [4.69, 9.17) is 9.84 Å². The number of aryl methyl sites for hydroxylation is 2. The van der Waals surface area contributed by atoms with Crippen molar-refractivity contribution in [2.45, 2.75) is 38.8 Å². The molecule has 0 bridgehead atoms. The monoisotopic (exact) mass is 345 g/mol. The van der Waals surface area contributed by atoms with Crippen LogP contribution in [0.4, 0.5) is 4.79 Å². The van der Waals surface area contributed by atoms with Gasteiger partial charge in [0.1, 0.15) is 6.61 Å². The first-order valence-corrected chi connectivity index (χ1v) is 8.12. The largest absolute Gasteiger partial charge is 0.481 e. The molecule has 1 aromatic carbocycles. The van der Waals surface area contributed by atoms with Crippen LogP contribution in [0.15, 0.2) is 36.5 Å². The smallest absolute Gasteiger partial charge is 0.407 e. The summed E-state index contributed by atoms with van der Waals surface area (Å²) in [6.45, 7) is 2.06. The van der Waals surface area contributed by atoms with Gasteiger partial charge in [0, 0.05) is 25.7 Å². The molecule has 0 saturated carbocycles. The summed E-state index contributed by atoms with van der Waals surface area (Å²) in [6, 6.07) is 9.04. The number of carbonyl (C=O) groups is 2. The van der Waals surface area contributed by atoms with Crippen LogP contribution in [-0.4, -0.2) is 33.0 Å². The van der Waals surface area contributed by atoms with E-state index in [1.807, 2.05) is 50.5 Å². The van der Waals surface area contributed by atoms with Crippen LogP contribution in [-0.2, 0) is 29.6 Å². The number of carboxylic acid groups (broad SMARTS) is 1. The topological polar surface area (TPSA) is 93.5 Å². The quantitative estimate of drug-likeness (QED) is 0.766. The molecule has 0 radical (unpaired) electrons. The Balaban J connectivity index is 1.93. The van der Waals surface area contributed by atoms with Gasteiger partial charge in [-0.2, -0.15) is 5.10 Å². The Kier molecular flexibility index (Phi) is 6.56. The van der Waals surface area contributed by atoms with Crippen LogP contribution in [0.25, 0.3) is 0 Å². The van der Waals surface area contributed by atoms with Crippen LogP contribution in [0.3, 0.4) is 0 Å². The molecule has 25 heavy (non-hydrogen) atoms. The molecule has 2 aromatic rings. The Labute approximate surface area is 146 Å². The molecule has 1 atom stereocenters. The van der Waals surface area contributed by atoms with Gasteiger partial charge in [-0.15, -0.1) is 0 Å². The van der Waals surface area contributed by atoms with Gasteiger partial charge in [0.25, 0.3) is 0 Å². The van der Waals surface area contributed by atoms with Gasteiger partial charge in [-0.05, 0) is 30.9 Å². The maximum absolute atomic E-state index is 12.1. The highest BCUT2D eigenvalue weighted by Crippen LogP contribution is 2.12. The number of hydrogen-bond donors (Lipinski definition) is 2. The molecule has 1 unspecified atom stereocenters. The van der Waals surface area contributed by atoms with Crippen LogP contribution in [0, 0.1) is 6.92 Å². The van der Waals surface area contributed by atoms with Crippen molar-refractivity contribution in [1.82, 2.24) is 15.1 Å². The fourth-order valence-corrected chi connectivity index (χ4v) is 2.57. The van der Waals surface area contributed by atoms with Crippen molar-refractivity contribution in [1.29, 1.82) is 0 Å². The molecule has 0 aliphatic carbocycles. The summed E-state index contributed by atoms with van der Waals surface area (Å²) >= 11 is 0. The molecule has 0 aliphatic heterocycles. The number of benzene rings is 1. The lowest BCUT2D eigenvalue weighted by atomic mass is 10.0. The van der Waals surface area contributed by atoms with Gasteiger partial charge < -0.3 is 15.2 Å². The lowest BCUT2D eigenvalue weighted by Gasteiger charge is -2.17. The van der Waals surface area contributed by atoms with Crippen molar-refractivity contribution in [2.24, 2.45) is 7.05 Å². The molecule has 0 aliphatic rings. The van der Waals surface area contributed by atoms with Crippen LogP contribution in [0.2, 0.25) is 0 Å². The summed E-state index contributed by atoms with van der Waals surface area (Å²) < 4.78 is 6.92. The number of aliphatic carboxylic acids is 1. The maximum atomic E-state index is 12.1. The molecule has 7 nitrogen and oxygen atoms in total. The zero-order chi connectivity index (χ0) is 18.2. The molecule has 1 aromatic heterocycles. The van der Waals surface area contributed by atoms with Gasteiger partial charge in [0.05, 0.1) is 5.69 Å². The van der Waals surface area contributed by atoms with Gasteiger partial charge in [0.15, 0.2) is 0 Å². The number of hydrogen-bond acceptors (Lipinski definition) is 4. The van der Waals surface area contributed by atoms with Crippen molar-refractivity contribution in [3.05, 3.63) is 53.3 Å². The minimum Gasteiger partial charge on any atom is -0.481 e. The van der Waals surface area contributed by atoms with E-state index in [-0.39, 0.29) is 19.1 Å². The summed E-state index contributed by atoms with van der Waals surface area (Å²) in [4.78, 5) is 22.9. The molecular formula is C18H23N3O4. The minimum absolute atomic E-state index is 0.0249. The van der Waals surface area contributed by atoms with E-state index in [1.165, 1.54) is 0 Å². The molecule has 2 N–H and O–H groups in total. The third-order valence-corrected chi connectivity index (χ3v) is 3.82. The lowest BCUT2D eigenvalue weighted by Crippen LogP contribution is -2.37. The zero-order valence-corrected chi connectivity index (χ0v) is 14.4. The third-order valence-electron chi connectivity index (χ3n) is 3.82. The third kappa shape index (κ3) is 6.29. The van der Waals surface area contributed by atoms with Crippen LogP contribution >= 0.6 is 0 Å². The fourth-order valence-electron chi connectivity index (χ4n) is 2.57. The van der Waals surface area contributed by atoms with Gasteiger partial charge >= 0.3 is 12.1 Å². The first-order chi connectivity index (χ1) is 11.9. The van der Waals surface area contributed by atoms with E-state index in [0.29, 0.717) is 12.8 Å². The molecule has 2 rings (SSSR count). The number of nitrogens with zero attached hydrogens (tertiary/aromatic N) is 2. The molecule has 1 amide bonds. The van der Waals surface area contributed by atoms with E-state index in [0.717, 1.165) is 16.8 Å². The molecule has 0 fully saturated rings. The Bertz CT molecular complexity index is 712. The molecule has 0 saturated heterocycles.